The van der Waals surface area contributed by atoms with Crippen LogP contribution in [0.1, 0.15) is 20.3 Å². The molecule has 7 heteroatoms. The summed E-state index contributed by atoms with van der Waals surface area (Å²) >= 11 is 7.23. The van der Waals surface area contributed by atoms with E-state index in [9.17, 15) is 19.5 Å². The minimum absolute atomic E-state index is 0.118. The number of halogens is 2. The molecule has 3 fully saturated rings. The van der Waals surface area contributed by atoms with Crippen LogP contribution in [0.15, 0.2) is 0 Å². The van der Waals surface area contributed by atoms with Gasteiger partial charge in [0.25, 0.3) is 0 Å². The number of carboxylic acid groups (broad SMARTS) is 1. The van der Waals surface area contributed by atoms with Gasteiger partial charge in [0, 0.05) is 9.65 Å². The van der Waals surface area contributed by atoms with Crippen molar-refractivity contribution in [3.63, 3.8) is 0 Å². The van der Waals surface area contributed by atoms with Gasteiger partial charge < -0.3 is 5.11 Å². The van der Waals surface area contributed by atoms with Crippen LogP contribution in [0.25, 0.3) is 0 Å². The van der Waals surface area contributed by atoms with Crippen LogP contribution < -0.4 is 0 Å². The second kappa shape index (κ2) is 5.05. The molecular weight excluding hydrogens is 406 g/mol. The molecule has 3 aliphatic rings. The van der Waals surface area contributed by atoms with E-state index in [2.05, 4.69) is 31.9 Å². The van der Waals surface area contributed by atoms with Crippen LogP contribution in [0.2, 0.25) is 0 Å². The maximum Gasteiger partial charge on any atom is 0.327 e. The van der Waals surface area contributed by atoms with E-state index in [1.54, 1.807) is 13.8 Å². The van der Waals surface area contributed by atoms with Gasteiger partial charge in [-0.05, 0) is 24.2 Å². The predicted molar refractivity (Wildman–Crippen MR) is 82.1 cm³/mol. The zero-order chi connectivity index (χ0) is 15.6. The van der Waals surface area contributed by atoms with Gasteiger partial charge in [-0.25, -0.2) is 4.79 Å². The second-order valence-electron chi connectivity index (χ2n) is 6.58. The van der Waals surface area contributed by atoms with E-state index < -0.39 is 12.0 Å². The first-order valence-electron chi connectivity index (χ1n) is 7.15. The van der Waals surface area contributed by atoms with E-state index in [0.717, 1.165) is 11.3 Å². The van der Waals surface area contributed by atoms with Gasteiger partial charge in [-0.15, -0.1) is 0 Å². The van der Waals surface area contributed by atoms with Crippen molar-refractivity contribution in [2.45, 2.75) is 36.0 Å². The van der Waals surface area contributed by atoms with Gasteiger partial charge >= 0.3 is 5.97 Å². The molecule has 2 amide bonds. The Morgan fingerprint density at radius 2 is 1.57 bits per heavy atom. The molecule has 2 bridgehead atoms. The number of likely N-dealkylation sites (tertiary alicyclic amines) is 1. The Morgan fingerprint density at radius 3 is 1.90 bits per heavy atom. The summed E-state index contributed by atoms with van der Waals surface area (Å²) in [5.41, 5.74) is 0. The largest absolute Gasteiger partial charge is 0.480 e. The molecule has 21 heavy (non-hydrogen) atoms. The van der Waals surface area contributed by atoms with Gasteiger partial charge in [-0.1, -0.05) is 45.7 Å². The third-order valence-corrected chi connectivity index (χ3v) is 8.39. The summed E-state index contributed by atoms with van der Waals surface area (Å²) in [6, 6.07) is -1.06. The molecule has 2 aliphatic carbocycles. The number of carbonyl (C=O) groups is 3. The minimum atomic E-state index is -1.11. The van der Waals surface area contributed by atoms with Gasteiger partial charge in [0.2, 0.25) is 11.8 Å². The lowest BCUT2D eigenvalue weighted by Gasteiger charge is -2.28. The van der Waals surface area contributed by atoms with Crippen LogP contribution in [-0.4, -0.2) is 43.5 Å². The van der Waals surface area contributed by atoms with Gasteiger partial charge in [0.05, 0.1) is 11.8 Å². The van der Waals surface area contributed by atoms with E-state index in [1.165, 1.54) is 0 Å². The van der Waals surface area contributed by atoms with Crippen molar-refractivity contribution in [1.29, 1.82) is 0 Å². The molecular formula is C14H17Br2NO4. The first-order valence-corrected chi connectivity index (χ1v) is 8.98. The average Bonchev–Trinajstić information content (AvgIpc) is 2.98. The zero-order valence-electron chi connectivity index (χ0n) is 11.7. The third-order valence-electron chi connectivity index (χ3n) is 5.18. The number of hydrogen-bond donors (Lipinski definition) is 1. The number of carbonyl (C=O) groups excluding carboxylic acids is 2. The van der Waals surface area contributed by atoms with Crippen LogP contribution in [-0.2, 0) is 14.4 Å². The van der Waals surface area contributed by atoms with Crippen LogP contribution in [0, 0.1) is 29.6 Å². The highest BCUT2D eigenvalue weighted by atomic mass is 79.9. The lowest BCUT2D eigenvalue weighted by molar-refractivity contribution is -0.157. The Balaban J connectivity index is 1.96. The molecule has 1 heterocycles. The fourth-order valence-corrected chi connectivity index (χ4v) is 6.21. The van der Waals surface area contributed by atoms with Crippen LogP contribution in [0.5, 0.6) is 0 Å². The summed E-state index contributed by atoms with van der Waals surface area (Å²) in [5, 5.41) is 9.39. The SMILES string of the molecule is CC(C)[C@H](C(=O)O)N1C(=O)[C@@H]2[C@@H]3C[C@H]([C@H](Br)[C@@H]3Br)[C@@H]2C1=O. The summed E-state index contributed by atoms with van der Waals surface area (Å²) in [5.74, 6) is -2.44. The van der Waals surface area contributed by atoms with Crippen molar-refractivity contribution in [3.05, 3.63) is 0 Å². The van der Waals surface area contributed by atoms with E-state index in [4.69, 9.17) is 0 Å². The van der Waals surface area contributed by atoms with Gasteiger partial charge in [0.1, 0.15) is 6.04 Å². The summed E-state index contributed by atoms with van der Waals surface area (Å²) in [4.78, 5) is 38.2. The molecule has 1 saturated heterocycles. The molecule has 0 aromatic rings. The number of amides is 2. The second-order valence-corrected chi connectivity index (χ2v) is 8.69. The van der Waals surface area contributed by atoms with Crippen molar-refractivity contribution in [2.24, 2.45) is 29.6 Å². The Labute approximate surface area is 139 Å². The molecule has 2 saturated carbocycles. The molecule has 0 aromatic carbocycles. The molecule has 0 unspecified atom stereocenters. The minimum Gasteiger partial charge on any atom is -0.480 e. The van der Waals surface area contributed by atoms with Crippen molar-refractivity contribution < 1.29 is 19.5 Å². The summed E-state index contributed by atoms with van der Waals surface area (Å²) < 4.78 is 0. The number of rotatable bonds is 3. The number of imide groups is 1. The number of carboxylic acids is 1. The molecule has 3 rings (SSSR count). The molecule has 1 aliphatic heterocycles. The first kappa shape index (κ1) is 15.5. The standard InChI is InChI=1S/C14H17Br2NO4/c1-4(2)11(14(20)21)17-12(18)7-5-3-6(8(7)13(17)19)10(16)9(5)15/h4-11H,3H2,1-2H3,(H,20,21)/t5-,6-,7-,8+,9-,10+,11+/m0/s1. The average molecular weight is 423 g/mol. The zero-order valence-corrected chi connectivity index (χ0v) is 14.9. The molecule has 1 N–H and O–H groups in total. The Hall–Kier alpha value is -0.430. The third kappa shape index (κ3) is 1.96. The predicted octanol–water partition coefficient (Wildman–Crippen LogP) is 1.87. The maximum atomic E-state index is 12.7. The molecule has 0 aromatic heterocycles. The highest BCUT2D eigenvalue weighted by molar-refractivity contribution is 9.12. The number of nitrogens with zero attached hydrogens (tertiary/aromatic N) is 1. The highest BCUT2D eigenvalue weighted by Crippen LogP contribution is 2.60. The normalized spacial score (nSPS) is 42.8. The highest BCUT2D eigenvalue weighted by Gasteiger charge is 2.67. The maximum absolute atomic E-state index is 12.7. The quantitative estimate of drug-likeness (QED) is 0.556. The fraction of sp³-hybridized carbons (Fsp3) is 0.786. The van der Waals surface area contributed by atoms with Gasteiger partial charge in [0.15, 0.2) is 0 Å². The summed E-state index contributed by atoms with van der Waals surface area (Å²) in [6.07, 6.45) is 0.853. The fourth-order valence-electron chi connectivity index (χ4n) is 4.34. The number of fused-ring (bicyclic) bond motifs is 5. The number of hydrogen-bond acceptors (Lipinski definition) is 3. The lowest BCUT2D eigenvalue weighted by atomic mass is 9.81. The smallest absolute Gasteiger partial charge is 0.327 e. The van der Waals surface area contributed by atoms with Crippen molar-refractivity contribution in [1.82, 2.24) is 4.90 Å². The molecule has 0 radical (unpaired) electrons. The van der Waals surface area contributed by atoms with Crippen molar-refractivity contribution in [3.8, 4) is 0 Å². The topological polar surface area (TPSA) is 74.7 Å². The van der Waals surface area contributed by atoms with Crippen LogP contribution in [0.4, 0.5) is 0 Å². The summed E-state index contributed by atoms with van der Waals surface area (Å²) in [6.45, 7) is 3.45. The van der Waals surface area contributed by atoms with Gasteiger partial charge in [-0.3, -0.25) is 14.5 Å². The summed E-state index contributed by atoms with van der Waals surface area (Å²) in [7, 11) is 0. The van der Waals surface area contributed by atoms with E-state index >= 15 is 0 Å². The number of alkyl halides is 2. The number of aliphatic carboxylic acids is 1. The monoisotopic (exact) mass is 421 g/mol. The van der Waals surface area contributed by atoms with Gasteiger partial charge in [-0.2, -0.15) is 0 Å². The Morgan fingerprint density at radius 1 is 1.14 bits per heavy atom. The van der Waals surface area contributed by atoms with Crippen molar-refractivity contribution in [2.75, 3.05) is 0 Å². The molecule has 7 atom stereocenters. The Bertz CT molecular complexity index is 491. The molecule has 116 valence electrons. The van der Waals surface area contributed by atoms with E-state index in [1.807, 2.05) is 0 Å². The Kier molecular flexibility index (Phi) is 3.72. The van der Waals surface area contributed by atoms with E-state index in [-0.39, 0.29) is 51.1 Å². The van der Waals surface area contributed by atoms with Crippen LogP contribution in [0.3, 0.4) is 0 Å². The molecule has 5 nitrogen and oxygen atoms in total. The van der Waals surface area contributed by atoms with E-state index in [0.29, 0.717) is 0 Å². The van der Waals surface area contributed by atoms with Crippen LogP contribution >= 0.6 is 31.9 Å². The van der Waals surface area contributed by atoms with Crippen molar-refractivity contribution >= 4 is 49.6 Å². The lowest BCUT2D eigenvalue weighted by Crippen LogP contribution is -2.49. The first-order chi connectivity index (χ1) is 9.77. The molecule has 0 spiro atoms.